The number of aliphatic carboxylic acids is 1. The van der Waals surface area contributed by atoms with Crippen molar-refractivity contribution in [1.82, 2.24) is 10.3 Å². The van der Waals surface area contributed by atoms with Crippen LogP contribution in [0.1, 0.15) is 65.4 Å². The lowest BCUT2D eigenvalue weighted by atomic mass is 9.72. The molecule has 2 fully saturated rings. The largest absolute Gasteiger partial charge is 0.490 e. The molecule has 1 aliphatic heterocycles. The number of hydrogen-bond donors (Lipinski definition) is 3. The molecule has 1 amide bonds. The van der Waals surface area contributed by atoms with Gasteiger partial charge >= 0.3 is 12.1 Å². The number of nitrogens with zero attached hydrogens (tertiary/aromatic N) is 1. The molecule has 2 heterocycles. The number of hydrogen-bond acceptors (Lipinski definition) is 6. The van der Waals surface area contributed by atoms with Crippen molar-refractivity contribution in [2.45, 2.75) is 58.2 Å². The maximum Gasteiger partial charge on any atom is 0.490 e. The van der Waals surface area contributed by atoms with Gasteiger partial charge < -0.3 is 20.9 Å². The van der Waals surface area contributed by atoms with Gasteiger partial charge in [-0.25, -0.2) is 9.78 Å². The number of alkyl halides is 3. The fourth-order valence-corrected chi connectivity index (χ4v) is 4.96. The van der Waals surface area contributed by atoms with Crippen LogP contribution in [0.5, 0.6) is 0 Å². The number of nitrogens with one attached hydrogen (secondary N) is 1. The van der Waals surface area contributed by atoms with Gasteiger partial charge in [0.25, 0.3) is 5.91 Å². The van der Waals surface area contributed by atoms with Crippen molar-refractivity contribution in [3.63, 3.8) is 0 Å². The van der Waals surface area contributed by atoms with Gasteiger partial charge in [-0.05, 0) is 50.9 Å². The van der Waals surface area contributed by atoms with E-state index in [9.17, 15) is 18.0 Å². The van der Waals surface area contributed by atoms with Gasteiger partial charge in [0.05, 0.1) is 6.04 Å². The Kier molecular flexibility index (Phi) is 8.23. The SMILES string of the molecule is Cc1sc(C(C)N)nc1C(=O)NCC1CCCC12CCOCC2.O=C(O)C(F)(F)F. The number of carboxylic acid groups (broad SMARTS) is 1. The molecule has 1 aromatic rings. The normalized spacial score (nSPS) is 21.6. The smallest absolute Gasteiger partial charge is 0.475 e. The van der Waals surface area contributed by atoms with Crippen LogP contribution in [0.25, 0.3) is 0 Å². The molecule has 1 spiro atoms. The van der Waals surface area contributed by atoms with Gasteiger partial charge in [-0.1, -0.05) is 6.42 Å². The molecule has 170 valence electrons. The van der Waals surface area contributed by atoms with Gasteiger partial charge in [0.15, 0.2) is 0 Å². The number of carbonyl (C=O) groups is 2. The van der Waals surface area contributed by atoms with Gasteiger partial charge in [0.2, 0.25) is 0 Å². The predicted octanol–water partition coefficient (Wildman–Crippen LogP) is 3.43. The Hall–Kier alpha value is -1.72. The Morgan fingerprint density at radius 2 is 1.97 bits per heavy atom. The summed E-state index contributed by atoms with van der Waals surface area (Å²) in [6.07, 6.45) is 0.949. The van der Waals surface area contributed by atoms with Crippen LogP contribution in [0.4, 0.5) is 13.2 Å². The van der Waals surface area contributed by atoms with E-state index in [0.717, 1.165) is 42.5 Å². The van der Waals surface area contributed by atoms with Crippen LogP contribution < -0.4 is 11.1 Å². The van der Waals surface area contributed by atoms with E-state index < -0.39 is 12.1 Å². The van der Waals surface area contributed by atoms with Crippen molar-refractivity contribution < 1.29 is 32.6 Å². The van der Waals surface area contributed by atoms with E-state index in [1.165, 1.54) is 30.6 Å². The summed E-state index contributed by atoms with van der Waals surface area (Å²) in [6, 6.07) is -0.124. The first-order valence-corrected chi connectivity index (χ1v) is 10.7. The first kappa shape index (κ1) is 24.5. The maximum absolute atomic E-state index is 12.5. The zero-order chi connectivity index (χ0) is 22.5. The van der Waals surface area contributed by atoms with Crippen molar-refractivity contribution in [2.24, 2.45) is 17.1 Å². The van der Waals surface area contributed by atoms with E-state index in [-0.39, 0.29) is 11.9 Å². The minimum absolute atomic E-state index is 0.0558. The third kappa shape index (κ3) is 6.14. The Morgan fingerprint density at radius 1 is 1.37 bits per heavy atom. The molecule has 0 aromatic carbocycles. The summed E-state index contributed by atoms with van der Waals surface area (Å²) >= 11 is 1.52. The number of halogens is 3. The molecule has 1 saturated carbocycles. The number of ether oxygens (including phenoxy) is 1. The third-order valence-electron chi connectivity index (χ3n) is 5.75. The number of aromatic nitrogens is 1. The van der Waals surface area contributed by atoms with Crippen molar-refractivity contribution in [2.75, 3.05) is 19.8 Å². The van der Waals surface area contributed by atoms with Crippen LogP contribution in [0.3, 0.4) is 0 Å². The second-order valence-electron chi connectivity index (χ2n) is 7.82. The molecule has 1 aliphatic carbocycles. The van der Waals surface area contributed by atoms with Gasteiger partial charge in [-0.2, -0.15) is 13.2 Å². The lowest BCUT2D eigenvalue weighted by Crippen LogP contribution is -2.39. The Balaban J connectivity index is 0.000000396. The van der Waals surface area contributed by atoms with E-state index in [1.54, 1.807) is 0 Å². The molecule has 11 heteroatoms. The summed E-state index contributed by atoms with van der Waals surface area (Å²) in [5, 5.41) is 11.1. The topological polar surface area (TPSA) is 115 Å². The average Bonchev–Trinajstić information content (AvgIpc) is 3.24. The molecule has 1 saturated heterocycles. The number of amides is 1. The molecule has 4 N–H and O–H groups in total. The van der Waals surface area contributed by atoms with Crippen LogP contribution in [0.2, 0.25) is 0 Å². The zero-order valence-electron chi connectivity index (χ0n) is 17.1. The predicted molar refractivity (Wildman–Crippen MR) is 105 cm³/mol. The lowest BCUT2D eigenvalue weighted by Gasteiger charge is -2.39. The highest BCUT2D eigenvalue weighted by Gasteiger charge is 2.43. The van der Waals surface area contributed by atoms with Crippen LogP contribution in [0.15, 0.2) is 0 Å². The van der Waals surface area contributed by atoms with Gasteiger partial charge in [-0.3, -0.25) is 4.79 Å². The molecule has 2 unspecified atom stereocenters. The molecule has 1 aromatic heterocycles. The third-order valence-corrected chi connectivity index (χ3v) is 6.92. The Labute approximate surface area is 177 Å². The summed E-state index contributed by atoms with van der Waals surface area (Å²) < 4.78 is 37.3. The number of carbonyl (C=O) groups excluding carboxylic acids is 1. The molecule has 2 aliphatic rings. The quantitative estimate of drug-likeness (QED) is 0.646. The summed E-state index contributed by atoms with van der Waals surface area (Å²) in [5.74, 6) is -2.24. The molecule has 2 atom stereocenters. The monoisotopic (exact) mass is 451 g/mol. The van der Waals surface area contributed by atoms with Crippen molar-refractivity contribution in [3.05, 3.63) is 15.6 Å². The van der Waals surface area contributed by atoms with E-state index in [1.807, 2.05) is 13.8 Å². The van der Waals surface area contributed by atoms with E-state index in [2.05, 4.69) is 10.3 Å². The van der Waals surface area contributed by atoms with Crippen LogP contribution >= 0.6 is 11.3 Å². The molecular formula is C19H28F3N3O4S. The number of rotatable bonds is 4. The van der Waals surface area contributed by atoms with Crippen molar-refractivity contribution >= 4 is 23.2 Å². The van der Waals surface area contributed by atoms with Crippen molar-refractivity contribution in [3.8, 4) is 0 Å². The summed E-state index contributed by atoms with van der Waals surface area (Å²) in [4.78, 5) is 26.8. The minimum Gasteiger partial charge on any atom is -0.475 e. The highest BCUT2D eigenvalue weighted by molar-refractivity contribution is 7.11. The van der Waals surface area contributed by atoms with E-state index >= 15 is 0 Å². The van der Waals surface area contributed by atoms with Gasteiger partial charge in [0, 0.05) is 24.6 Å². The molecule has 30 heavy (non-hydrogen) atoms. The average molecular weight is 452 g/mol. The fraction of sp³-hybridized carbons (Fsp3) is 0.737. The van der Waals surface area contributed by atoms with Crippen molar-refractivity contribution in [1.29, 1.82) is 0 Å². The van der Waals surface area contributed by atoms with E-state index in [4.69, 9.17) is 20.4 Å². The fourth-order valence-electron chi connectivity index (χ4n) is 4.09. The van der Waals surface area contributed by atoms with Crippen LogP contribution in [-0.2, 0) is 9.53 Å². The second-order valence-corrected chi connectivity index (χ2v) is 9.06. The standard InChI is InChI=1S/C17H27N3O2S.C2HF3O2/c1-11(18)16-20-14(12(2)23-16)15(21)19-10-13-4-3-5-17(13)6-8-22-9-7-17;3-2(4,5)1(6)7/h11,13H,3-10,18H2,1-2H3,(H,19,21);(H,6,7). The molecule has 0 bridgehead atoms. The zero-order valence-corrected chi connectivity index (χ0v) is 17.9. The molecule has 7 nitrogen and oxygen atoms in total. The first-order chi connectivity index (χ1) is 14.0. The number of thiazole rings is 1. The van der Waals surface area contributed by atoms with Gasteiger partial charge in [-0.15, -0.1) is 11.3 Å². The number of aryl methyl sites for hydroxylation is 1. The summed E-state index contributed by atoms with van der Waals surface area (Å²) in [5.41, 5.74) is 6.80. The molecule has 0 radical (unpaired) electrons. The van der Waals surface area contributed by atoms with Gasteiger partial charge in [0.1, 0.15) is 10.7 Å². The Bertz CT molecular complexity index is 746. The highest BCUT2D eigenvalue weighted by Crippen LogP contribution is 2.49. The first-order valence-electron chi connectivity index (χ1n) is 9.85. The number of nitrogens with two attached hydrogens (primary N) is 1. The second kappa shape index (κ2) is 10.1. The Morgan fingerprint density at radius 3 is 2.47 bits per heavy atom. The number of carboxylic acids is 1. The van der Waals surface area contributed by atoms with E-state index in [0.29, 0.717) is 17.0 Å². The molecule has 3 rings (SSSR count). The summed E-state index contributed by atoms with van der Waals surface area (Å²) in [6.45, 7) is 6.32. The minimum atomic E-state index is -5.08. The highest BCUT2D eigenvalue weighted by atomic mass is 32.1. The summed E-state index contributed by atoms with van der Waals surface area (Å²) in [7, 11) is 0. The molecular weight excluding hydrogens is 423 g/mol. The lowest BCUT2D eigenvalue weighted by molar-refractivity contribution is -0.192. The van der Waals surface area contributed by atoms with Crippen LogP contribution in [0, 0.1) is 18.3 Å². The van der Waals surface area contributed by atoms with Crippen LogP contribution in [-0.4, -0.2) is 47.9 Å². The maximum atomic E-state index is 12.5.